The number of ether oxygens (including phenoxy) is 1. The van der Waals surface area contributed by atoms with Gasteiger partial charge >= 0.3 is 0 Å². The Bertz CT molecular complexity index is 1150. The minimum Gasteiger partial charge on any atom is -0.482 e. The Morgan fingerprint density at radius 2 is 1.91 bits per heavy atom. The number of nitrogen functional groups attached to an aromatic ring is 1. The highest BCUT2D eigenvalue weighted by atomic mass is 35.5. The van der Waals surface area contributed by atoms with E-state index in [0.29, 0.717) is 34.6 Å². The van der Waals surface area contributed by atoms with Crippen LogP contribution in [-0.2, 0) is 11.4 Å². The molecule has 2 saturated carbocycles. The number of carbonyl (C=O) groups excluding carboxylic acids is 2. The average Bonchev–Trinajstić information content (AvgIpc) is 3.76. The summed E-state index contributed by atoms with van der Waals surface area (Å²) in [5.41, 5.74) is 6.08. The van der Waals surface area contributed by atoms with Gasteiger partial charge in [-0.05, 0) is 55.6 Å². The lowest BCUT2D eigenvalue weighted by Crippen LogP contribution is -2.41. The maximum Gasteiger partial charge on any atom is 0.258 e. The molecular weight excluding hydrogens is 494 g/mol. The van der Waals surface area contributed by atoms with Gasteiger partial charge in [0.15, 0.2) is 17.4 Å². The smallest absolute Gasteiger partial charge is 0.258 e. The lowest BCUT2D eigenvalue weighted by molar-refractivity contribution is -0.123. The molecule has 0 bridgehead atoms. The minimum absolute atomic E-state index is 0.0186. The van der Waals surface area contributed by atoms with Crippen molar-refractivity contribution in [2.75, 3.05) is 25.4 Å². The van der Waals surface area contributed by atoms with Gasteiger partial charge in [0.05, 0.1) is 5.56 Å². The van der Waals surface area contributed by atoms with Gasteiger partial charge in [0, 0.05) is 47.4 Å². The molecule has 3 N–H and O–H groups in total. The van der Waals surface area contributed by atoms with Crippen molar-refractivity contribution in [3.63, 3.8) is 0 Å². The summed E-state index contributed by atoms with van der Waals surface area (Å²) in [6.07, 6.45) is 5.83. The Kier molecular flexibility index (Phi) is 6.53. The van der Waals surface area contributed by atoms with Gasteiger partial charge in [0.2, 0.25) is 5.91 Å². The number of halogens is 3. The van der Waals surface area contributed by atoms with Gasteiger partial charge in [-0.3, -0.25) is 9.59 Å². The maximum atomic E-state index is 15.3. The topological polar surface area (TPSA) is 97.5 Å². The predicted molar refractivity (Wildman–Crippen MR) is 131 cm³/mol. The first-order valence-corrected chi connectivity index (χ1v) is 12.6. The number of nitrogens with one attached hydrogen (secondary N) is 1. The molecule has 35 heavy (non-hydrogen) atoms. The molecule has 2 aromatic rings. The zero-order chi connectivity index (χ0) is 24.7. The summed E-state index contributed by atoms with van der Waals surface area (Å²) in [6, 6.07) is 4.99. The van der Waals surface area contributed by atoms with Crippen molar-refractivity contribution in [1.29, 1.82) is 0 Å². The third-order valence-electron chi connectivity index (χ3n) is 7.47. The molecule has 2 heterocycles. The number of nitrogens with zero attached hydrogens (tertiary/aromatic N) is 2. The zero-order valence-electron chi connectivity index (χ0n) is 19.2. The number of amides is 2. The highest BCUT2D eigenvalue weighted by Gasteiger charge is 2.58. The summed E-state index contributed by atoms with van der Waals surface area (Å²) in [6.45, 7) is 1.56. The van der Waals surface area contributed by atoms with Crippen LogP contribution in [0.15, 0.2) is 24.4 Å². The second-order valence-electron chi connectivity index (χ2n) is 9.79. The van der Waals surface area contributed by atoms with Crippen molar-refractivity contribution >= 4 is 40.8 Å². The van der Waals surface area contributed by atoms with Gasteiger partial charge in [-0.25, -0.2) is 9.37 Å². The van der Waals surface area contributed by atoms with E-state index < -0.39 is 11.7 Å². The molecule has 2 aliphatic carbocycles. The first kappa shape index (κ1) is 24.1. The van der Waals surface area contributed by atoms with Crippen molar-refractivity contribution < 1.29 is 18.7 Å². The summed E-state index contributed by atoms with van der Waals surface area (Å²) in [5, 5.41) is 3.82. The van der Waals surface area contributed by atoms with E-state index in [9.17, 15) is 9.59 Å². The van der Waals surface area contributed by atoms with E-state index in [4.69, 9.17) is 33.7 Å². The van der Waals surface area contributed by atoms with Crippen LogP contribution in [0.1, 0.15) is 48.0 Å². The zero-order valence-corrected chi connectivity index (χ0v) is 20.7. The Labute approximate surface area is 213 Å². The van der Waals surface area contributed by atoms with E-state index in [1.165, 1.54) is 12.8 Å². The molecule has 3 aliphatic rings. The second kappa shape index (κ2) is 9.47. The highest BCUT2D eigenvalue weighted by Crippen LogP contribution is 2.59. The number of hydrogen-bond acceptors (Lipinski definition) is 5. The Morgan fingerprint density at radius 1 is 1.23 bits per heavy atom. The number of hydrogen-bond donors (Lipinski definition) is 2. The number of nitrogens with two attached hydrogens (primary N) is 1. The number of carbonyl (C=O) groups is 2. The molecule has 2 amide bonds. The van der Waals surface area contributed by atoms with Gasteiger partial charge in [0.1, 0.15) is 6.61 Å². The quantitative estimate of drug-likeness (QED) is 0.561. The van der Waals surface area contributed by atoms with Gasteiger partial charge in [-0.1, -0.05) is 29.3 Å². The first-order valence-electron chi connectivity index (χ1n) is 11.9. The summed E-state index contributed by atoms with van der Waals surface area (Å²) in [7, 11) is 0. The summed E-state index contributed by atoms with van der Waals surface area (Å²) in [4.78, 5) is 31.2. The number of rotatable bonds is 7. The number of piperidine rings is 1. The molecule has 1 atom stereocenters. The molecule has 1 spiro atoms. The Morgan fingerprint density at radius 3 is 2.57 bits per heavy atom. The van der Waals surface area contributed by atoms with Crippen molar-refractivity contribution in [3.8, 4) is 5.75 Å². The number of benzene rings is 1. The predicted octanol–water partition coefficient (Wildman–Crippen LogP) is 4.46. The standard InChI is InChI=1S/C25H27Cl2FN4O3/c26-18-2-1-3-19(27)16(18)13-35-21-20(28)15(12-30-22(21)29)24(34)32-8-6-25(7-9-32)10-17(25)23(33)31-11-14-4-5-14/h1-3,12,14,17H,4-11,13H2,(H2,29,30)(H,31,33). The molecule has 0 radical (unpaired) electrons. The van der Waals surface area contributed by atoms with E-state index in [2.05, 4.69) is 10.3 Å². The van der Waals surface area contributed by atoms with Crippen LogP contribution in [0.3, 0.4) is 0 Å². The second-order valence-corrected chi connectivity index (χ2v) is 10.6. The van der Waals surface area contributed by atoms with Crippen LogP contribution in [0.25, 0.3) is 0 Å². The van der Waals surface area contributed by atoms with E-state index in [0.717, 1.165) is 32.0 Å². The molecule has 3 fully saturated rings. The fourth-order valence-electron chi connectivity index (χ4n) is 4.87. The van der Waals surface area contributed by atoms with Crippen LogP contribution in [0.2, 0.25) is 10.0 Å². The van der Waals surface area contributed by atoms with Crippen LogP contribution >= 0.6 is 23.2 Å². The molecule has 1 saturated heterocycles. The fourth-order valence-corrected chi connectivity index (χ4v) is 5.38. The summed E-state index contributed by atoms with van der Waals surface area (Å²) in [5.74, 6) is -1.02. The molecule has 1 aromatic carbocycles. The van der Waals surface area contributed by atoms with Gasteiger partial charge in [0.25, 0.3) is 5.91 Å². The fraction of sp³-hybridized carbons (Fsp3) is 0.480. The molecule has 186 valence electrons. The third kappa shape index (κ3) is 4.91. The molecule has 1 unspecified atom stereocenters. The van der Waals surface area contributed by atoms with Crippen LogP contribution in [0.4, 0.5) is 10.2 Å². The lowest BCUT2D eigenvalue weighted by Gasteiger charge is -2.33. The Hall–Kier alpha value is -2.58. The van der Waals surface area contributed by atoms with Gasteiger partial charge in [-0.2, -0.15) is 0 Å². The number of anilines is 1. The SMILES string of the molecule is Nc1ncc(C(=O)N2CCC3(CC2)CC3C(=O)NCC2CC2)c(F)c1OCc1c(Cl)cccc1Cl. The minimum atomic E-state index is -0.866. The molecule has 7 nitrogen and oxygen atoms in total. The first-order chi connectivity index (χ1) is 16.8. The molecule has 1 aliphatic heterocycles. The molecular formula is C25H27Cl2FN4O3. The van der Waals surface area contributed by atoms with E-state index in [-0.39, 0.29) is 41.0 Å². The van der Waals surface area contributed by atoms with Crippen molar-refractivity contribution in [3.05, 3.63) is 51.4 Å². The number of aromatic nitrogens is 1. The maximum absolute atomic E-state index is 15.3. The van der Waals surface area contributed by atoms with Crippen molar-refractivity contribution in [2.45, 2.75) is 38.7 Å². The van der Waals surface area contributed by atoms with E-state index in [1.54, 1.807) is 23.1 Å². The average molecular weight is 521 g/mol. The normalized spacial score (nSPS) is 20.5. The monoisotopic (exact) mass is 520 g/mol. The highest BCUT2D eigenvalue weighted by molar-refractivity contribution is 6.35. The largest absolute Gasteiger partial charge is 0.482 e. The van der Waals surface area contributed by atoms with Crippen LogP contribution in [-0.4, -0.2) is 41.3 Å². The van der Waals surface area contributed by atoms with Crippen molar-refractivity contribution in [2.24, 2.45) is 17.3 Å². The number of pyridine rings is 1. The van der Waals surface area contributed by atoms with Crippen LogP contribution in [0.5, 0.6) is 5.75 Å². The summed E-state index contributed by atoms with van der Waals surface area (Å²) >= 11 is 12.3. The van der Waals surface area contributed by atoms with Crippen LogP contribution in [0, 0.1) is 23.1 Å². The number of likely N-dealkylation sites (tertiary alicyclic amines) is 1. The van der Waals surface area contributed by atoms with E-state index >= 15 is 4.39 Å². The lowest BCUT2D eigenvalue weighted by atomic mass is 9.90. The summed E-state index contributed by atoms with van der Waals surface area (Å²) < 4.78 is 20.9. The third-order valence-corrected chi connectivity index (χ3v) is 8.18. The van der Waals surface area contributed by atoms with Crippen molar-refractivity contribution in [1.82, 2.24) is 15.2 Å². The van der Waals surface area contributed by atoms with Crippen LogP contribution < -0.4 is 15.8 Å². The molecule has 10 heteroatoms. The van der Waals surface area contributed by atoms with Gasteiger partial charge < -0.3 is 20.7 Å². The van der Waals surface area contributed by atoms with E-state index in [1.807, 2.05) is 0 Å². The molecule has 5 rings (SSSR count). The van der Waals surface area contributed by atoms with Gasteiger partial charge in [-0.15, -0.1) is 0 Å². The Balaban J connectivity index is 1.22. The molecule has 1 aromatic heterocycles.